The highest BCUT2D eigenvalue weighted by molar-refractivity contribution is 5.47. The van der Waals surface area contributed by atoms with Crippen LogP contribution in [0.1, 0.15) is 38.8 Å². The molecule has 0 spiro atoms. The van der Waals surface area contributed by atoms with Crippen molar-refractivity contribution in [3.05, 3.63) is 23.9 Å². The van der Waals surface area contributed by atoms with Crippen LogP contribution in [0.3, 0.4) is 0 Å². The first-order valence-corrected chi connectivity index (χ1v) is 5.97. The van der Waals surface area contributed by atoms with Gasteiger partial charge in [0.15, 0.2) is 0 Å². The number of hydrogen-bond donors (Lipinski definition) is 1. The van der Waals surface area contributed by atoms with E-state index in [2.05, 4.69) is 36.8 Å². The molecular weight excluding hydrogens is 198 g/mol. The second-order valence-corrected chi connectivity index (χ2v) is 4.60. The van der Waals surface area contributed by atoms with Gasteiger partial charge in [-0.15, -0.1) is 0 Å². The lowest BCUT2D eigenvalue weighted by molar-refractivity contribution is 0.556. The Balaban J connectivity index is 2.85. The fraction of sp³-hybridized carbons (Fsp3) is 0.615. The van der Waals surface area contributed by atoms with Gasteiger partial charge in [0.25, 0.3) is 0 Å². The van der Waals surface area contributed by atoms with E-state index in [1.807, 2.05) is 19.2 Å². The molecular formula is C13H23N3. The molecule has 16 heavy (non-hydrogen) atoms. The molecule has 0 aliphatic heterocycles. The Labute approximate surface area is 98.7 Å². The summed E-state index contributed by atoms with van der Waals surface area (Å²) in [6, 6.07) is 4.03. The van der Waals surface area contributed by atoms with Gasteiger partial charge in [0.2, 0.25) is 0 Å². The minimum absolute atomic E-state index is 0.0306. The van der Waals surface area contributed by atoms with Gasteiger partial charge in [0.1, 0.15) is 5.82 Å². The lowest BCUT2D eigenvalue weighted by Gasteiger charge is -2.25. The molecule has 0 radical (unpaired) electrons. The second kappa shape index (κ2) is 5.85. The molecule has 0 amide bonds. The van der Waals surface area contributed by atoms with E-state index < -0.39 is 0 Å². The van der Waals surface area contributed by atoms with Crippen molar-refractivity contribution in [2.75, 3.05) is 18.5 Å². The van der Waals surface area contributed by atoms with E-state index in [0.717, 1.165) is 17.9 Å². The molecule has 1 aromatic rings. The molecule has 1 rings (SSSR count). The van der Waals surface area contributed by atoms with E-state index in [1.54, 1.807) is 0 Å². The summed E-state index contributed by atoms with van der Waals surface area (Å²) in [4.78, 5) is 6.63. The number of nitrogens with zero attached hydrogens (tertiary/aromatic N) is 2. The molecule has 1 aromatic heterocycles. The highest BCUT2D eigenvalue weighted by Gasteiger charge is 2.13. The monoisotopic (exact) mass is 221 g/mol. The fourth-order valence-corrected chi connectivity index (χ4v) is 1.77. The zero-order chi connectivity index (χ0) is 12.1. The van der Waals surface area contributed by atoms with Crippen LogP contribution in [0.2, 0.25) is 0 Å². The summed E-state index contributed by atoms with van der Waals surface area (Å²) in [5.74, 6) is 1.69. The minimum atomic E-state index is 0.0306. The van der Waals surface area contributed by atoms with Crippen LogP contribution in [-0.4, -0.2) is 18.6 Å². The summed E-state index contributed by atoms with van der Waals surface area (Å²) < 4.78 is 0. The summed E-state index contributed by atoms with van der Waals surface area (Å²) in [6.45, 7) is 7.49. The Morgan fingerprint density at radius 3 is 2.69 bits per heavy atom. The van der Waals surface area contributed by atoms with E-state index in [0.29, 0.717) is 5.92 Å². The second-order valence-electron chi connectivity index (χ2n) is 4.60. The van der Waals surface area contributed by atoms with Crippen molar-refractivity contribution in [3.63, 3.8) is 0 Å². The maximum atomic E-state index is 5.95. The normalized spacial score (nSPS) is 14.6. The van der Waals surface area contributed by atoms with Crippen LogP contribution in [0.4, 0.5) is 5.82 Å². The van der Waals surface area contributed by atoms with Crippen LogP contribution in [0, 0.1) is 5.92 Å². The van der Waals surface area contributed by atoms with Gasteiger partial charge in [0, 0.05) is 31.4 Å². The first-order chi connectivity index (χ1) is 7.56. The first-order valence-electron chi connectivity index (χ1n) is 5.97. The van der Waals surface area contributed by atoms with Gasteiger partial charge in [-0.3, -0.25) is 0 Å². The van der Waals surface area contributed by atoms with Crippen molar-refractivity contribution in [2.45, 2.75) is 33.2 Å². The Bertz CT molecular complexity index is 323. The number of rotatable bonds is 5. The maximum absolute atomic E-state index is 5.95. The smallest absolute Gasteiger partial charge is 0.133 e. The summed E-state index contributed by atoms with van der Waals surface area (Å²) in [5.41, 5.74) is 7.07. The third kappa shape index (κ3) is 3.20. The van der Waals surface area contributed by atoms with Gasteiger partial charge in [-0.2, -0.15) is 0 Å². The van der Waals surface area contributed by atoms with E-state index in [4.69, 9.17) is 5.73 Å². The van der Waals surface area contributed by atoms with E-state index in [-0.39, 0.29) is 6.04 Å². The predicted molar refractivity (Wildman–Crippen MR) is 69.6 cm³/mol. The zero-order valence-corrected chi connectivity index (χ0v) is 10.8. The average Bonchev–Trinajstić information content (AvgIpc) is 2.28. The summed E-state index contributed by atoms with van der Waals surface area (Å²) in [5, 5.41) is 0. The van der Waals surface area contributed by atoms with Crippen molar-refractivity contribution in [1.29, 1.82) is 0 Å². The van der Waals surface area contributed by atoms with Crippen molar-refractivity contribution in [1.82, 2.24) is 4.98 Å². The molecule has 0 saturated carbocycles. The van der Waals surface area contributed by atoms with Crippen molar-refractivity contribution < 1.29 is 0 Å². The van der Waals surface area contributed by atoms with Gasteiger partial charge < -0.3 is 10.6 Å². The number of pyridine rings is 1. The molecule has 2 N–H and O–H groups in total. The van der Waals surface area contributed by atoms with Crippen LogP contribution in [0.15, 0.2) is 18.3 Å². The molecule has 3 heteroatoms. The molecule has 0 aliphatic rings. The Kier molecular flexibility index (Phi) is 4.74. The zero-order valence-electron chi connectivity index (χ0n) is 10.8. The standard InChI is InChI=1S/C13H23N3/c1-5-10(2)9-16(4)13-12(11(3)14)7-6-8-15-13/h6-8,10-11H,5,9,14H2,1-4H3/t10?,11-/m1/s1. The van der Waals surface area contributed by atoms with Crippen LogP contribution in [0.25, 0.3) is 0 Å². The van der Waals surface area contributed by atoms with Crippen LogP contribution < -0.4 is 10.6 Å². The molecule has 0 fully saturated rings. The lowest BCUT2D eigenvalue weighted by atomic mass is 10.1. The molecule has 1 unspecified atom stereocenters. The van der Waals surface area contributed by atoms with E-state index >= 15 is 0 Å². The third-order valence-corrected chi connectivity index (χ3v) is 2.95. The summed E-state index contributed by atoms with van der Waals surface area (Å²) in [7, 11) is 2.08. The van der Waals surface area contributed by atoms with Gasteiger partial charge >= 0.3 is 0 Å². The fourth-order valence-electron chi connectivity index (χ4n) is 1.77. The van der Waals surface area contributed by atoms with Gasteiger partial charge in [-0.25, -0.2) is 4.98 Å². The summed E-state index contributed by atoms with van der Waals surface area (Å²) in [6.07, 6.45) is 3.01. The van der Waals surface area contributed by atoms with Crippen molar-refractivity contribution in [2.24, 2.45) is 11.7 Å². The van der Waals surface area contributed by atoms with Crippen LogP contribution in [0.5, 0.6) is 0 Å². The van der Waals surface area contributed by atoms with E-state index in [9.17, 15) is 0 Å². The maximum Gasteiger partial charge on any atom is 0.133 e. The quantitative estimate of drug-likeness (QED) is 0.831. The highest BCUT2D eigenvalue weighted by atomic mass is 15.2. The lowest BCUT2D eigenvalue weighted by Crippen LogP contribution is -2.26. The van der Waals surface area contributed by atoms with Crippen molar-refractivity contribution >= 4 is 5.82 Å². The first kappa shape index (κ1) is 13.0. The molecule has 90 valence electrons. The van der Waals surface area contributed by atoms with Gasteiger partial charge in [-0.1, -0.05) is 26.3 Å². The van der Waals surface area contributed by atoms with Crippen LogP contribution >= 0.6 is 0 Å². The molecule has 1 heterocycles. The predicted octanol–water partition coefficient (Wildman–Crippen LogP) is 2.58. The Hall–Kier alpha value is -1.09. The molecule has 0 bridgehead atoms. The highest BCUT2D eigenvalue weighted by Crippen LogP contribution is 2.22. The number of anilines is 1. The van der Waals surface area contributed by atoms with Crippen molar-refractivity contribution in [3.8, 4) is 0 Å². The third-order valence-electron chi connectivity index (χ3n) is 2.95. The summed E-state index contributed by atoms with van der Waals surface area (Å²) >= 11 is 0. The van der Waals surface area contributed by atoms with E-state index in [1.165, 1.54) is 6.42 Å². The molecule has 0 aromatic carbocycles. The van der Waals surface area contributed by atoms with Gasteiger partial charge in [0.05, 0.1) is 0 Å². The molecule has 3 nitrogen and oxygen atoms in total. The molecule has 2 atom stereocenters. The Morgan fingerprint density at radius 2 is 2.12 bits per heavy atom. The number of hydrogen-bond acceptors (Lipinski definition) is 3. The minimum Gasteiger partial charge on any atom is -0.359 e. The average molecular weight is 221 g/mol. The SMILES string of the molecule is CCC(C)CN(C)c1ncccc1[C@@H](C)N. The topological polar surface area (TPSA) is 42.2 Å². The Morgan fingerprint density at radius 1 is 1.44 bits per heavy atom. The number of aromatic nitrogens is 1. The number of nitrogens with two attached hydrogens (primary N) is 1. The molecule has 0 aliphatic carbocycles. The molecule has 0 saturated heterocycles. The van der Waals surface area contributed by atoms with Gasteiger partial charge in [-0.05, 0) is 18.9 Å². The largest absolute Gasteiger partial charge is 0.359 e. The van der Waals surface area contributed by atoms with Crippen LogP contribution in [-0.2, 0) is 0 Å².